The first kappa shape index (κ1) is 16.3. The van der Waals surface area contributed by atoms with E-state index < -0.39 is 12.1 Å². The number of hydrogen-bond donors (Lipinski definition) is 1. The minimum absolute atomic E-state index is 0.0200. The molecule has 0 amide bonds. The van der Waals surface area contributed by atoms with Gasteiger partial charge in [-0.3, -0.25) is 0 Å². The van der Waals surface area contributed by atoms with E-state index in [1.165, 1.54) is 5.56 Å². The summed E-state index contributed by atoms with van der Waals surface area (Å²) in [5, 5.41) is 3.36. The van der Waals surface area contributed by atoms with Crippen molar-refractivity contribution in [3.8, 4) is 0 Å². The number of halogens is 3. The normalized spacial score (nSPS) is 24.0. The molecular weight excluding hydrogens is 275 g/mol. The summed E-state index contributed by atoms with van der Waals surface area (Å²) in [5.41, 5.74) is 1.13. The molecule has 0 spiro atoms. The van der Waals surface area contributed by atoms with Crippen LogP contribution in [0, 0.1) is 5.92 Å². The van der Waals surface area contributed by atoms with Gasteiger partial charge in [0.25, 0.3) is 0 Å². The van der Waals surface area contributed by atoms with Gasteiger partial charge in [-0.1, -0.05) is 50.6 Å². The maximum atomic E-state index is 12.8. The van der Waals surface area contributed by atoms with E-state index in [2.05, 4.69) is 31.3 Å². The van der Waals surface area contributed by atoms with Crippen LogP contribution < -0.4 is 5.32 Å². The van der Waals surface area contributed by atoms with Crippen LogP contribution in [0.25, 0.3) is 0 Å². The molecule has 1 fully saturated rings. The van der Waals surface area contributed by atoms with E-state index in [1.807, 2.05) is 18.2 Å². The molecule has 0 radical (unpaired) electrons. The van der Waals surface area contributed by atoms with E-state index in [0.29, 0.717) is 13.0 Å². The molecule has 2 unspecified atom stereocenters. The van der Waals surface area contributed by atoms with Crippen LogP contribution in [0.4, 0.5) is 13.2 Å². The summed E-state index contributed by atoms with van der Waals surface area (Å²) in [6, 6.07) is 10.1. The second kappa shape index (κ2) is 6.39. The van der Waals surface area contributed by atoms with Gasteiger partial charge in [-0.15, -0.1) is 0 Å². The standard InChI is InChI=1S/C17H24F3N/c1-16(2,13-7-4-3-5-8-13)12-21-15-10-6-9-14(11-15)17(18,19)20/h3-5,7-8,14-15,21H,6,9-12H2,1-2H3. The molecule has 1 aliphatic rings. The third kappa shape index (κ3) is 4.47. The highest BCUT2D eigenvalue weighted by Gasteiger charge is 2.42. The monoisotopic (exact) mass is 299 g/mol. The van der Waals surface area contributed by atoms with Crippen LogP contribution in [0.15, 0.2) is 30.3 Å². The molecule has 0 heterocycles. The van der Waals surface area contributed by atoms with E-state index in [9.17, 15) is 13.2 Å². The second-order valence-corrected chi connectivity index (χ2v) is 6.73. The second-order valence-electron chi connectivity index (χ2n) is 6.73. The Morgan fingerprint density at radius 3 is 2.38 bits per heavy atom. The lowest BCUT2D eigenvalue weighted by molar-refractivity contribution is -0.183. The smallest absolute Gasteiger partial charge is 0.313 e. The molecule has 1 N–H and O–H groups in total. The molecule has 0 aromatic heterocycles. The Kier molecular flexibility index (Phi) is 4.97. The largest absolute Gasteiger partial charge is 0.391 e. The van der Waals surface area contributed by atoms with E-state index in [1.54, 1.807) is 0 Å². The van der Waals surface area contributed by atoms with Crippen LogP contribution >= 0.6 is 0 Å². The molecule has 1 aliphatic carbocycles. The molecule has 1 nitrogen and oxygen atoms in total. The van der Waals surface area contributed by atoms with E-state index in [0.717, 1.165) is 6.42 Å². The summed E-state index contributed by atoms with van der Waals surface area (Å²) in [6.45, 7) is 4.95. The van der Waals surface area contributed by atoms with E-state index >= 15 is 0 Å². The van der Waals surface area contributed by atoms with Crippen LogP contribution in [0.3, 0.4) is 0 Å². The SMILES string of the molecule is CC(C)(CNC1CCCC(C(F)(F)F)C1)c1ccccc1. The summed E-state index contributed by atoms with van der Waals surface area (Å²) in [7, 11) is 0. The number of alkyl halides is 3. The Bertz CT molecular complexity index is 439. The molecule has 0 aliphatic heterocycles. The zero-order chi connectivity index (χ0) is 15.5. The Morgan fingerprint density at radius 2 is 1.76 bits per heavy atom. The first-order valence-electron chi connectivity index (χ1n) is 7.65. The highest BCUT2D eigenvalue weighted by molar-refractivity contribution is 5.23. The quantitative estimate of drug-likeness (QED) is 0.851. The number of rotatable bonds is 4. The van der Waals surface area contributed by atoms with Gasteiger partial charge in [0.1, 0.15) is 0 Å². The van der Waals surface area contributed by atoms with Crippen LogP contribution in [-0.4, -0.2) is 18.8 Å². The summed E-state index contributed by atoms with van der Waals surface area (Å²) < 4.78 is 38.5. The van der Waals surface area contributed by atoms with Crippen molar-refractivity contribution in [1.82, 2.24) is 5.32 Å². The zero-order valence-electron chi connectivity index (χ0n) is 12.7. The summed E-state index contributed by atoms with van der Waals surface area (Å²) in [4.78, 5) is 0. The fourth-order valence-corrected chi connectivity index (χ4v) is 3.06. The van der Waals surface area contributed by atoms with Gasteiger partial charge < -0.3 is 5.32 Å². The number of nitrogens with one attached hydrogen (secondary N) is 1. The van der Waals surface area contributed by atoms with Gasteiger partial charge in [0, 0.05) is 18.0 Å². The zero-order valence-corrected chi connectivity index (χ0v) is 12.7. The summed E-state index contributed by atoms with van der Waals surface area (Å²) in [5.74, 6) is -1.14. The molecular formula is C17H24F3N. The average Bonchev–Trinajstić information content (AvgIpc) is 2.46. The summed E-state index contributed by atoms with van der Waals surface area (Å²) in [6.07, 6.45) is -2.04. The minimum atomic E-state index is -4.05. The lowest BCUT2D eigenvalue weighted by atomic mass is 9.82. The maximum Gasteiger partial charge on any atom is 0.391 e. The van der Waals surface area contributed by atoms with E-state index in [4.69, 9.17) is 0 Å². The van der Waals surface area contributed by atoms with Crippen molar-refractivity contribution in [2.75, 3.05) is 6.54 Å². The van der Waals surface area contributed by atoms with Crippen molar-refractivity contribution >= 4 is 0 Å². The van der Waals surface area contributed by atoms with Gasteiger partial charge in [-0.25, -0.2) is 0 Å². The molecule has 21 heavy (non-hydrogen) atoms. The third-order valence-electron chi connectivity index (χ3n) is 4.53. The molecule has 1 aromatic carbocycles. The van der Waals surface area contributed by atoms with Crippen molar-refractivity contribution in [2.24, 2.45) is 5.92 Å². The first-order chi connectivity index (χ1) is 9.79. The molecule has 0 bridgehead atoms. The van der Waals surface area contributed by atoms with Crippen molar-refractivity contribution < 1.29 is 13.2 Å². The van der Waals surface area contributed by atoms with Crippen LogP contribution in [0.5, 0.6) is 0 Å². The third-order valence-corrected chi connectivity index (χ3v) is 4.53. The number of hydrogen-bond acceptors (Lipinski definition) is 1. The Labute approximate surface area is 124 Å². The highest BCUT2D eigenvalue weighted by atomic mass is 19.4. The van der Waals surface area contributed by atoms with Gasteiger partial charge in [0.05, 0.1) is 5.92 Å². The molecule has 118 valence electrons. The van der Waals surface area contributed by atoms with Crippen molar-refractivity contribution in [1.29, 1.82) is 0 Å². The Morgan fingerprint density at radius 1 is 1.10 bits per heavy atom. The predicted octanol–water partition coefficient (Wildman–Crippen LogP) is 4.67. The van der Waals surface area contributed by atoms with Crippen LogP contribution in [0.1, 0.15) is 45.1 Å². The van der Waals surface area contributed by atoms with Gasteiger partial charge >= 0.3 is 6.18 Å². The van der Waals surface area contributed by atoms with Crippen molar-refractivity contribution in [2.45, 2.75) is 57.2 Å². The van der Waals surface area contributed by atoms with Crippen LogP contribution in [0.2, 0.25) is 0 Å². The van der Waals surface area contributed by atoms with Crippen molar-refractivity contribution in [3.05, 3.63) is 35.9 Å². The lowest BCUT2D eigenvalue weighted by Crippen LogP contribution is -2.43. The van der Waals surface area contributed by atoms with Gasteiger partial charge in [0.2, 0.25) is 0 Å². The molecule has 1 saturated carbocycles. The lowest BCUT2D eigenvalue weighted by Gasteiger charge is -2.34. The van der Waals surface area contributed by atoms with Gasteiger partial charge in [-0.2, -0.15) is 13.2 Å². The summed E-state index contributed by atoms with van der Waals surface area (Å²) >= 11 is 0. The first-order valence-corrected chi connectivity index (χ1v) is 7.65. The van der Waals surface area contributed by atoms with Gasteiger partial charge in [0.15, 0.2) is 0 Å². The molecule has 2 atom stereocenters. The Hall–Kier alpha value is -1.03. The Balaban J connectivity index is 1.90. The van der Waals surface area contributed by atoms with Gasteiger partial charge in [-0.05, 0) is 24.8 Å². The fraction of sp³-hybridized carbons (Fsp3) is 0.647. The maximum absolute atomic E-state index is 12.8. The average molecular weight is 299 g/mol. The topological polar surface area (TPSA) is 12.0 Å². The predicted molar refractivity (Wildman–Crippen MR) is 79.3 cm³/mol. The number of benzene rings is 1. The highest BCUT2D eigenvalue weighted by Crippen LogP contribution is 2.37. The molecule has 4 heteroatoms. The van der Waals surface area contributed by atoms with Crippen LogP contribution in [-0.2, 0) is 5.41 Å². The van der Waals surface area contributed by atoms with Crippen molar-refractivity contribution in [3.63, 3.8) is 0 Å². The minimum Gasteiger partial charge on any atom is -0.313 e. The molecule has 1 aromatic rings. The molecule has 2 rings (SSSR count). The van der Waals surface area contributed by atoms with E-state index in [-0.39, 0.29) is 24.3 Å². The fourth-order valence-electron chi connectivity index (χ4n) is 3.06. The molecule has 0 saturated heterocycles.